The Bertz CT molecular complexity index is 568. The zero-order chi connectivity index (χ0) is 14.6. The first-order valence-electron chi connectivity index (χ1n) is 6.78. The molecule has 0 heterocycles. The number of hydrogen-bond donors (Lipinski definition) is 2. The van der Waals surface area contributed by atoms with Crippen LogP contribution < -0.4 is 5.32 Å². The van der Waals surface area contributed by atoms with Crippen molar-refractivity contribution in [2.75, 3.05) is 13.2 Å². The summed E-state index contributed by atoms with van der Waals surface area (Å²) in [6.45, 7) is 2.44. The molecule has 0 spiro atoms. The van der Waals surface area contributed by atoms with Gasteiger partial charge in [0.15, 0.2) is 0 Å². The highest BCUT2D eigenvalue weighted by Gasteiger charge is 2.40. The Hall–Kier alpha value is -1.86. The van der Waals surface area contributed by atoms with Crippen LogP contribution in [0.3, 0.4) is 0 Å². The monoisotopic (exact) mass is 275 g/mol. The molecule has 2 rings (SSSR count). The summed E-state index contributed by atoms with van der Waals surface area (Å²) in [6.07, 6.45) is 3.29. The van der Waals surface area contributed by atoms with Gasteiger partial charge in [-0.15, -0.1) is 0 Å². The topological polar surface area (TPSA) is 49.3 Å². The molecule has 1 aromatic carbocycles. The van der Waals surface area contributed by atoms with E-state index in [0.29, 0.717) is 12.1 Å². The van der Waals surface area contributed by atoms with E-state index in [1.165, 1.54) is 12.1 Å². The second-order valence-corrected chi connectivity index (χ2v) is 5.19. The maximum absolute atomic E-state index is 13.9. The van der Waals surface area contributed by atoms with Gasteiger partial charge in [0.1, 0.15) is 12.4 Å². The molecule has 0 aliphatic heterocycles. The standard InChI is InChI=1S/C16H18FNO2/c1-2-16(7-8-16)11-18-15(20)13-6-5-12(4-3-9-19)10-14(13)17/h5-6,10,19H,2,7-9,11H2,1H3,(H,18,20). The Balaban J connectivity index is 2.03. The molecular weight excluding hydrogens is 257 g/mol. The largest absolute Gasteiger partial charge is 0.384 e. The van der Waals surface area contributed by atoms with Crippen molar-refractivity contribution in [1.29, 1.82) is 0 Å². The van der Waals surface area contributed by atoms with Gasteiger partial charge in [0, 0.05) is 12.1 Å². The molecule has 1 aromatic rings. The summed E-state index contributed by atoms with van der Waals surface area (Å²) in [5.74, 6) is 4.07. The molecule has 1 saturated carbocycles. The summed E-state index contributed by atoms with van der Waals surface area (Å²) in [7, 11) is 0. The van der Waals surface area contributed by atoms with Crippen molar-refractivity contribution >= 4 is 5.91 Å². The first-order chi connectivity index (χ1) is 9.60. The average molecular weight is 275 g/mol. The van der Waals surface area contributed by atoms with Crippen molar-refractivity contribution in [3.8, 4) is 11.8 Å². The van der Waals surface area contributed by atoms with E-state index in [0.717, 1.165) is 19.3 Å². The van der Waals surface area contributed by atoms with Crippen molar-refractivity contribution in [3.63, 3.8) is 0 Å². The molecule has 2 N–H and O–H groups in total. The van der Waals surface area contributed by atoms with Crippen LogP contribution in [-0.2, 0) is 0 Å². The third kappa shape index (κ3) is 3.37. The second-order valence-electron chi connectivity index (χ2n) is 5.19. The van der Waals surface area contributed by atoms with Gasteiger partial charge in [-0.3, -0.25) is 4.79 Å². The molecule has 0 unspecified atom stereocenters. The van der Waals surface area contributed by atoms with E-state index in [-0.39, 0.29) is 23.5 Å². The Kier molecular flexibility index (Phi) is 4.41. The summed E-state index contributed by atoms with van der Waals surface area (Å²) in [5, 5.41) is 11.4. The second kappa shape index (κ2) is 6.06. The van der Waals surface area contributed by atoms with E-state index < -0.39 is 5.82 Å². The number of benzene rings is 1. The molecule has 1 fully saturated rings. The van der Waals surface area contributed by atoms with Gasteiger partial charge < -0.3 is 10.4 Å². The minimum atomic E-state index is -0.589. The molecule has 1 amide bonds. The van der Waals surface area contributed by atoms with E-state index in [1.807, 2.05) is 0 Å². The summed E-state index contributed by atoms with van der Waals surface area (Å²) >= 11 is 0. The van der Waals surface area contributed by atoms with Gasteiger partial charge in [-0.05, 0) is 42.9 Å². The molecule has 3 nitrogen and oxygen atoms in total. The highest BCUT2D eigenvalue weighted by Crippen LogP contribution is 2.47. The normalized spacial score (nSPS) is 15.2. The van der Waals surface area contributed by atoms with Crippen LogP contribution >= 0.6 is 0 Å². The summed E-state index contributed by atoms with van der Waals surface area (Å²) in [5.41, 5.74) is 0.713. The lowest BCUT2D eigenvalue weighted by Crippen LogP contribution is -2.30. The first kappa shape index (κ1) is 14.5. The lowest BCUT2D eigenvalue weighted by molar-refractivity contribution is 0.0940. The Labute approximate surface area is 118 Å². The molecule has 0 bridgehead atoms. The third-order valence-corrected chi connectivity index (χ3v) is 3.86. The number of halogens is 1. The van der Waals surface area contributed by atoms with Gasteiger partial charge in [-0.25, -0.2) is 4.39 Å². The number of carbonyl (C=O) groups excluding carboxylic acids is 1. The van der Waals surface area contributed by atoms with Crippen LogP contribution in [0.15, 0.2) is 18.2 Å². The van der Waals surface area contributed by atoms with E-state index in [4.69, 9.17) is 5.11 Å². The number of amides is 1. The molecule has 0 saturated heterocycles. The predicted octanol–water partition coefficient (Wildman–Crippen LogP) is 2.09. The summed E-state index contributed by atoms with van der Waals surface area (Å²) in [4.78, 5) is 12.0. The molecule has 0 aromatic heterocycles. The van der Waals surface area contributed by atoms with Crippen LogP contribution in [0.1, 0.15) is 42.1 Å². The van der Waals surface area contributed by atoms with E-state index in [1.54, 1.807) is 6.07 Å². The van der Waals surface area contributed by atoms with Crippen LogP contribution in [0.4, 0.5) is 4.39 Å². The molecule has 1 aliphatic rings. The fourth-order valence-corrected chi connectivity index (χ4v) is 2.11. The number of nitrogens with one attached hydrogen (secondary N) is 1. The molecule has 0 radical (unpaired) electrons. The fraction of sp³-hybridized carbons (Fsp3) is 0.438. The van der Waals surface area contributed by atoms with Gasteiger partial charge >= 0.3 is 0 Å². The summed E-state index contributed by atoms with van der Waals surface area (Å²) < 4.78 is 13.9. The van der Waals surface area contributed by atoms with Crippen LogP contribution in [0.2, 0.25) is 0 Å². The van der Waals surface area contributed by atoms with E-state index in [2.05, 4.69) is 24.1 Å². The quantitative estimate of drug-likeness (QED) is 0.827. The van der Waals surface area contributed by atoms with Crippen LogP contribution in [-0.4, -0.2) is 24.2 Å². The minimum absolute atomic E-state index is 0.0338. The molecule has 106 valence electrons. The zero-order valence-corrected chi connectivity index (χ0v) is 11.5. The maximum Gasteiger partial charge on any atom is 0.254 e. The van der Waals surface area contributed by atoms with Gasteiger partial charge in [-0.1, -0.05) is 18.8 Å². The smallest absolute Gasteiger partial charge is 0.254 e. The van der Waals surface area contributed by atoms with Crippen molar-refractivity contribution in [1.82, 2.24) is 5.32 Å². The predicted molar refractivity (Wildman–Crippen MR) is 74.7 cm³/mol. The van der Waals surface area contributed by atoms with Crippen molar-refractivity contribution in [2.24, 2.45) is 5.41 Å². The zero-order valence-electron chi connectivity index (χ0n) is 11.5. The van der Waals surface area contributed by atoms with Crippen LogP contribution in [0, 0.1) is 23.1 Å². The molecule has 0 atom stereocenters. The van der Waals surface area contributed by atoms with Gasteiger partial charge in [-0.2, -0.15) is 0 Å². The Morgan fingerprint density at radius 1 is 1.50 bits per heavy atom. The molecule has 20 heavy (non-hydrogen) atoms. The molecular formula is C16H18FNO2. The molecule has 4 heteroatoms. The first-order valence-corrected chi connectivity index (χ1v) is 6.78. The maximum atomic E-state index is 13.9. The van der Waals surface area contributed by atoms with Gasteiger partial charge in [0.05, 0.1) is 5.56 Å². The van der Waals surface area contributed by atoms with Gasteiger partial charge in [0.2, 0.25) is 0 Å². The number of hydrogen-bond acceptors (Lipinski definition) is 2. The van der Waals surface area contributed by atoms with E-state index >= 15 is 0 Å². The lowest BCUT2D eigenvalue weighted by Gasteiger charge is -2.13. The minimum Gasteiger partial charge on any atom is -0.384 e. The van der Waals surface area contributed by atoms with Gasteiger partial charge in [0.25, 0.3) is 5.91 Å². The molecule has 1 aliphatic carbocycles. The number of aliphatic hydroxyl groups is 1. The highest BCUT2D eigenvalue weighted by atomic mass is 19.1. The van der Waals surface area contributed by atoms with Crippen molar-refractivity contribution in [2.45, 2.75) is 26.2 Å². The highest BCUT2D eigenvalue weighted by molar-refractivity contribution is 5.94. The lowest BCUT2D eigenvalue weighted by atomic mass is 10.0. The fourth-order valence-electron chi connectivity index (χ4n) is 2.11. The van der Waals surface area contributed by atoms with Crippen LogP contribution in [0.5, 0.6) is 0 Å². The summed E-state index contributed by atoms with van der Waals surface area (Å²) in [6, 6.07) is 4.22. The Morgan fingerprint density at radius 2 is 2.25 bits per heavy atom. The van der Waals surface area contributed by atoms with Crippen molar-refractivity contribution < 1.29 is 14.3 Å². The average Bonchev–Trinajstić information content (AvgIpc) is 3.23. The van der Waals surface area contributed by atoms with E-state index in [9.17, 15) is 9.18 Å². The Morgan fingerprint density at radius 3 is 2.80 bits per heavy atom. The van der Waals surface area contributed by atoms with Crippen molar-refractivity contribution in [3.05, 3.63) is 35.1 Å². The SMILES string of the molecule is CCC1(CNC(=O)c2ccc(C#CCO)cc2F)CC1. The third-order valence-electron chi connectivity index (χ3n) is 3.86. The van der Waals surface area contributed by atoms with Crippen LogP contribution in [0.25, 0.3) is 0 Å². The number of aliphatic hydroxyl groups excluding tert-OH is 1. The number of carbonyl (C=O) groups is 1. The number of rotatable bonds is 4.